The van der Waals surface area contributed by atoms with Crippen LogP contribution in [0.4, 0.5) is 5.69 Å². The van der Waals surface area contributed by atoms with Crippen molar-refractivity contribution in [3.8, 4) is 11.5 Å². The van der Waals surface area contributed by atoms with Crippen molar-refractivity contribution in [1.82, 2.24) is 4.90 Å². The van der Waals surface area contributed by atoms with E-state index >= 15 is 0 Å². The zero-order chi connectivity index (χ0) is 20.8. The third kappa shape index (κ3) is 5.26. The quantitative estimate of drug-likeness (QED) is 0.639. The molecule has 0 aromatic heterocycles. The van der Waals surface area contributed by atoms with Crippen molar-refractivity contribution < 1.29 is 14.3 Å². The topological polar surface area (TPSA) is 50.8 Å². The Morgan fingerprint density at radius 1 is 1.00 bits per heavy atom. The summed E-state index contributed by atoms with van der Waals surface area (Å²) in [4.78, 5) is 15.2. The number of benzene rings is 3. The van der Waals surface area contributed by atoms with Crippen molar-refractivity contribution >= 4 is 11.6 Å². The number of morpholine rings is 1. The van der Waals surface area contributed by atoms with Gasteiger partial charge >= 0.3 is 0 Å². The van der Waals surface area contributed by atoms with Gasteiger partial charge in [0.15, 0.2) is 5.75 Å². The van der Waals surface area contributed by atoms with E-state index in [1.165, 1.54) is 5.56 Å². The first-order valence-corrected chi connectivity index (χ1v) is 10.2. The second-order valence-corrected chi connectivity index (χ2v) is 7.45. The molecule has 1 heterocycles. The van der Waals surface area contributed by atoms with Gasteiger partial charge in [-0.2, -0.15) is 0 Å². The van der Waals surface area contributed by atoms with Crippen LogP contribution in [0, 0.1) is 6.92 Å². The Balaban J connectivity index is 1.46. The maximum atomic E-state index is 12.9. The van der Waals surface area contributed by atoms with Gasteiger partial charge in [-0.15, -0.1) is 0 Å². The summed E-state index contributed by atoms with van der Waals surface area (Å²) in [5, 5.41) is 2.99. The van der Waals surface area contributed by atoms with Gasteiger partial charge in [0.25, 0.3) is 5.91 Å². The van der Waals surface area contributed by atoms with E-state index in [-0.39, 0.29) is 5.91 Å². The van der Waals surface area contributed by atoms with Gasteiger partial charge in [-0.05, 0) is 48.9 Å². The van der Waals surface area contributed by atoms with Gasteiger partial charge in [-0.25, -0.2) is 0 Å². The maximum absolute atomic E-state index is 12.9. The molecule has 3 aromatic rings. The predicted molar refractivity (Wildman–Crippen MR) is 118 cm³/mol. The van der Waals surface area contributed by atoms with Crippen LogP contribution in [0.3, 0.4) is 0 Å². The molecule has 0 saturated carbocycles. The number of ether oxygens (including phenoxy) is 2. The Hall–Kier alpha value is -3.15. The number of para-hydroxylation sites is 2. The molecule has 30 heavy (non-hydrogen) atoms. The molecular formula is C25H26N2O3. The summed E-state index contributed by atoms with van der Waals surface area (Å²) in [7, 11) is 0. The third-order valence-corrected chi connectivity index (χ3v) is 5.08. The Morgan fingerprint density at radius 3 is 2.57 bits per heavy atom. The fourth-order valence-electron chi connectivity index (χ4n) is 3.42. The highest BCUT2D eigenvalue weighted by molar-refractivity contribution is 6.05. The van der Waals surface area contributed by atoms with Crippen LogP contribution in [0.5, 0.6) is 11.5 Å². The lowest BCUT2D eigenvalue weighted by Crippen LogP contribution is -2.35. The minimum absolute atomic E-state index is 0.154. The van der Waals surface area contributed by atoms with E-state index in [0.29, 0.717) is 17.0 Å². The fraction of sp³-hybridized carbons (Fsp3) is 0.240. The molecule has 1 aliphatic heterocycles. The molecule has 5 heteroatoms. The van der Waals surface area contributed by atoms with Gasteiger partial charge in [-0.1, -0.05) is 42.0 Å². The summed E-state index contributed by atoms with van der Waals surface area (Å²) >= 11 is 0. The number of rotatable bonds is 6. The largest absolute Gasteiger partial charge is 0.455 e. The number of anilines is 1. The molecule has 1 amide bonds. The predicted octanol–water partition coefficient (Wildman–Crippen LogP) is 4.87. The number of carbonyl (C=O) groups excluding carboxylic acids is 1. The van der Waals surface area contributed by atoms with Crippen molar-refractivity contribution in [2.45, 2.75) is 13.5 Å². The molecular weight excluding hydrogens is 376 g/mol. The number of hydrogen-bond acceptors (Lipinski definition) is 4. The van der Waals surface area contributed by atoms with Gasteiger partial charge < -0.3 is 14.8 Å². The summed E-state index contributed by atoms with van der Waals surface area (Å²) in [6.45, 7) is 6.21. The molecule has 0 radical (unpaired) electrons. The first-order chi connectivity index (χ1) is 14.7. The van der Waals surface area contributed by atoms with Crippen LogP contribution in [0.1, 0.15) is 21.5 Å². The lowest BCUT2D eigenvalue weighted by molar-refractivity contribution is 0.0342. The highest BCUT2D eigenvalue weighted by Crippen LogP contribution is 2.29. The minimum Gasteiger partial charge on any atom is -0.455 e. The van der Waals surface area contributed by atoms with Crippen LogP contribution in [-0.4, -0.2) is 37.1 Å². The van der Waals surface area contributed by atoms with E-state index in [1.54, 1.807) is 0 Å². The summed E-state index contributed by atoms with van der Waals surface area (Å²) < 4.78 is 11.4. The average molecular weight is 402 g/mol. The summed E-state index contributed by atoms with van der Waals surface area (Å²) in [5.74, 6) is 1.19. The number of amides is 1. The van der Waals surface area contributed by atoms with E-state index in [9.17, 15) is 4.79 Å². The molecule has 4 rings (SSSR count). The summed E-state index contributed by atoms with van der Waals surface area (Å²) in [6, 6.07) is 23.1. The molecule has 0 atom stereocenters. The Kier molecular flexibility index (Phi) is 6.42. The lowest BCUT2D eigenvalue weighted by Gasteiger charge is -2.26. The van der Waals surface area contributed by atoms with Crippen LogP contribution >= 0.6 is 0 Å². The standard InChI is InChI=1S/C25H26N2O3/c1-19-9-11-22(12-10-19)30-24-8-3-2-7-23(24)26-25(28)21-6-4-5-20(17-21)18-27-13-15-29-16-14-27/h2-12,17H,13-16,18H2,1H3,(H,26,28). The van der Waals surface area contributed by atoms with Crippen LogP contribution in [0.25, 0.3) is 0 Å². The zero-order valence-electron chi connectivity index (χ0n) is 17.1. The normalized spacial score (nSPS) is 14.3. The number of carbonyl (C=O) groups is 1. The minimum atomic E-state index is -0.154. The molecule has 0 bridgehead atoms. The molecule has 1 N–H and O–H groups in total. The lowest BCUT2D eigenvalue weighted by atomic mass is 10.1. The molecule has 0 spiro atoms. The second kappa shape index (κ2) is 9.57. The molecule has 1 aliphatic rings. The second-order valence-electron chi connectivity index (χ2n) is 7.45. The van der Waals surface area contributed by atoms with Gasteiger partial charge in [0.2, 0.25) is 0 Å². The average Bonchev–Trinajstić information content (AvgIpc) is 2.77. The van der Waals surface area contributed by atoms with Crippen LogP contribution < -0.4 is 10.1 Å². The molecule has 154 valence electrons. The first-order valence-electron chi connectivity index (χ1n) is 10.2. The van der Waals surface area contributed by atoms with E-state index in [2.05, 4.69) is 16.3 Å². The first kappa shape index (κ1) is 20.1. The summed E-state index contributed by atoms with van der Waals surface area (Å²) in [6.07, 6.45) is 0. The van der Waals surface area contributed by atoms with Crippen LogP contribution in [-0.2, 0) is 11.3 Å². The van der Waals surface area contributed by atoms with Gasteiger partial charge in [0.1, 0.15) is 5.75 Å². The van der Waals surface area contributed by atoms with E-state index in [0.717, 1.165) is 44.2 Å². The molecule has 3 aromatic carbocycles. The highest BCUT2D eigenvalue weighted by Gasteiger charge is 2.14. The Bertz CT molecular complexity index is 995. The number of hydrogen-bond donors (Lipinski definition) is 1. The van der Waals surface area contributed by atoms with Crippen molar-refractivity contribution in [1.29, 1.82) is 0 Å². The maximum Gasteiger partial charge on any atom is 0.255 e. The number of aryl methyl sites for hydroxylation is 1. The van der Waals surface area contributed by atoms with Crippen molar-refractivity contribution in [2.24, 2.45) is 0 Å². The monoisotopic (exact) mass is 402 g/mol. The van der Waals surface area contributed by atoms with E-state index in [4.69, 9.17) is 9.47 Å². The van der Waals surface area contributed by atoms with Gasteiger partial charge in [0.05, 0.1) is 18.9 Å². The van der Waals surface area contributed by atoms with Crippen molar-refractivity contribution in [3.05, 3.63) is 89.5 Å². The van der Waals surface area contributed by atoms with Gasteiger partial charge in [-0.3, -0.25) is 9.69 Å². The van der Waals surface area contributed by atoms with Gasteiger partial charge in [0, 0.05) is 25.2 Å². The van der Waals surface area contributed by atoms with E-state index in [1.807, 2.05) is 73.7 Å². The number of nitrogens with one attached hydrogen (secondary N) is 1. The smallest absolute Gasteiger partial charge is 0.255 e. The number of nitrogens with zero attached hydrogens (tertiary/aromatic N) is 1. The van der Waals surface area contributed by atoms with Crippen molar-refractivity contribution in [2.75, 3.05) is 31.6 Å². The Labute approximate surface area is 177 Å². The molecule has 0 unspecified atom stereocenters. The van der Waals surface area contributed by atoms with Crippen LogP contribution in [0.15, 0.2) is 72.8 Å². The van der Waals surface area contributed by atoms with E-state index < -0.39 is 0 Å². The summed E-state index contributed by atoms with van der Waals surface area (Å²) in [5.41, 5.74) is 3.56. The molecule has 5 nitrogen and oxygen atoms in total. The Morgan fingerprint density at radius 2 is 1.77 bits per heavy atom. The zero-order valence-corrected chi connectivity index (χ0v) is 17.1. The van der Waals surface area contributed by atoms with Crippen molar-refractivity contribution in [3.63, 3.8) is 0 Å². The molecule has 1 fully saturated rings. The highest BCUT2D eigenvalue weighted by atomic mass is 16.5. The van der Waals surface area contributed by atoms with Crippen LogP contribution in [0.2, 0.25) is 0 Å². The molecule has 1 saturated heterocycles. The SMILES string of the molecule is Cc1ccc(Oc2ccccc2NC(=O)c2cccc(CN3CCOCC3)c2)cc1. The third-order valence-electron chi connectivity index (χ3n) is 5.08. The molecule has 0 aliphatic carbocycles. The fourth-order valence-corrected chi connectivity index (χ4v) is 3.42.